The predicted molar refractivity (Wildman–Crippen MR) is 115 cm³/mol. The lowest BCUT2D eigenvalue weighted by atomic mass is 9.89. The lowest BCUT2D eigenvalue weighted by Crippen LogP contribution is -2.38. The molecule has 4 heterocycles. The monoisotopic (exact) mass is 462 g/mol. The summed E-state index contributed by atoms with van der Waals surface area (Å²) in [6, 6.07) is 6.99. The number of carbonyl (C=O) groups excluding carboxylic acids is 1. The Morgan fingerprint density at radius 2 is 1.76 bits per heavy atom. The number of piperidine rings is 1. The number of ether oxygens (including phenoxy) is 2. The highest BCUT2D eigenvalue weighted by Crippen LogP contribution is 2.32. The molecule has 2 aliphatic heterocycles. The molecule has 2 fully saturated rings. The van der Waals surface area contributed by atoms with Crippen LogP contribution in [0.2, 0.25) is 0 Å². The third kappa shape index (κ3) is 6.01. The topological polar surface area (TPSA) is 80.3 Å². The second kappa shape index (κ2) is 10.2. The van der Waals surface area contributed by atoms with Gasteiger partial charge in [0.1, 0.15) is 5.75 Å². The van der Waals surface area contributed by atoms with Crippen LogP contribution < -0.4 is 4.74 Å². The molecule has 10 heteroatoms. The second-order valence-corrected chi connectivity index (χ2v) is 7.96. The van der Waals surface area contributed by atoms with E-state index < -0.39 is 6.36 Å². The number of carbonyl (C=O) groups is 1. The summed E-state index contributed by atoms with van der Waals surface area (Å²) in [4.78, 5) is 25.9. The van der Waals surface area contributed by atoms with Crippen LogP contribution in [0, 0.1) is 0 Å². The van der Waals surface area contributed by atoms with Crippen LogP contribution in [0.25, 0.3) is 11.2 Å². The number of halogens is 3. The molecule has 2 saturated heterocycles. The minimum atomic E-state index is -4.75. The van der Waals surface area contributed by atoms with Crippen LogP contribution in [-0.4, -0.2) is 58.4 Å². The van der Waals surface area contributed by atoms with E-state index in [1.165, 1.54) is 25.0 Å². The third-order valence-corrected chi connectivity index (χ3v) is 5.74. The summed E-state index contributed by atoms with van der Waals surface area (Å²) in [6.07, 6.45) is 2.74. The lowest BCUT2D eigenvalue weighted by Gasteiger charge is -2.32. The number of nitrogens with zero attached hydrogens (tertiary/aromatic N) is 3. The number of hydrogen-bond acceptors (Lipinski definition) is 5. The summed E-state index contributed by atoms with van der Waals surface area (Å²) < 4.78 is 45.5. The summed E-state index contributed by atoms with van der Waals surface area (Å²) in [5.74, 6) is -0.250. The van der Waals surface area contributed by atoms with E-state index in [0.717, 1.165) is 49.3 Å². The fourth-order valence-corrected chi connectivity index (χ4v) is 4.09. The number of hydrogen-bond donors (Lipinski definition) is 1. The number of H-pyrrole nitrogens is 1. The van der Waals surface area contributed by atoms with Gasteiger partial charge in [0.05, 0.1) is 11.8 Å². The molecule has 1 aromatic carbocycles. The average molecular weight is 462 g/mol. The van der Waals surface area contributed by atoms with Crippen molar-refractivity contribution in [1.82, 2.24) is 19.9 Å². The molecule has 0 spiro atoms. The largest absolute Gasteiger partial charge is 0.573 e. The number of likely N-dealkylation sites (tertiary alicyclic amines) is 1. The van der Waals surface area contributed by atoms with Crippen molar-refractivity contribution in [3.05, 3.63) is 54.0 Å². The highest BCUT2D eigenvalue weighted by Gasteiger charge is 2.31. The van der Waals surface area contributed by atoms with Gasteiger partial charge in [-0.1, -0.05) is 0 Å². The number of aromatic amines is 1. The standard InChI is InChI=1S/C19H17F3N4O2.C4H8O/c20-19(21,22)28-14-3-1-13(2-4-14)18(27)26-9-6-12(7-10-26)15-5-8-23-17-16(15)24-11-25-17;1-2-4-5-3-1/h1-5,8,11-12H,6-7,9-10H2,(H,23,24,25);1-4H2. The summed E-state index contributed by atoms with van der Waals surface area (Å²) in [7, 11) is 0. The fraction of sp³-hybridized carbons (Fsp3) is 0.435. The zero-order valence-corrected chi connectivity index (χ0v) is 18.0. The van der Waals surface area contributed by atoms with Crippen molar-refractivity contribution in [2.24, 2.45) is 0 Å². The van der Waals surface area contributed by atoms with Gasteiger partial charge in [0.25, 0.3) is 5.91 Å². The van der Waals surface area contributed by atoms with Crippen LogP contribution in [0.1, 0.15) is 47.5 Å². The Morgan fingerprint density at radius 1 is 1.06 bits per heavy atom. The fourth-order valence-electron chi connectivity index (χ4n) is 4.09. The maximum absolute atomic E-state index is 12.6. The molecule has 3 aromatic rings. The number of fused-ring (bicyclic) bond motifs is 1. The van der Waals surface area contributed by atoms with Crippen molar-refractivity contribution in [3.63, 3.8) is 0 Å². The molecule has 176 valence electrons. The SMILES string of the molecule is C1CCOC1.O=C(c1ccc(OC(F)(F)F)cc1)N1CCC(c2ccnc3nc[nH]c23)CC1. The highest BCUT2D eigenvalue weighted by atomic mass is 19.4. The Morgan fingerprint density at radius 3 is 2.36 bits per heavy atom. The first kappa shape index (κ1) is 23.0. The molecule has 33 heavy (non-hydrogen) atoms. The van der Waals surface area contributed by atoms with E-state index in [4.69, 9.17) is 4.74 Å². The van der Waals surface area contributed by atoms with Crippen molar-refractivity contribution < 1.29 is 27.4 Å². The van der Waals surface area contributed by atoms with Crippen LogP contribution in [0.5, 0.6) is 5.75 Å². The first-order valence-corrected chi connectivity index (χ1v) is 10.9. The molecule has 0 unspecified atom stereocenters. The molecular weight excluding hydrogens is 437 g/mol. The molecule has 2 aromatic heterocycles. The van der Waals surface area contributed by atoms with E-state index in [0.29, 0.717) is 24.3 Å². The van der Waals surface area contributed by atoms with Gasteiger partial charge < -0.3 is 19.4 Å². The molecule has 0 saturated carbocycles. The van der Waals surface area contributed by atoms with E-state index in [9.17, 15) is 18.0 Å². The van der Waals surface area contributed by atoms with Gasteiger partial charge in [0, 0.05) is 38.1 Å². The normalized spacial score (nSPS) is 17.0. The number of rotatable bonds is 3. The zero-order valence-electron chi connectivity index (χ0n) is 18.0. The van der Waals surface area contributed by atoms with Gasteiger partial charge in [-0.2, -0.15) is 0 Å². The predicted octanol–water partition coefficient (Wildman–Crippen LogP) is 4.67. The summed E-state index contributed by atoms with van der Waals surface area (Å²) in [5, 5.41) is 0. The van der Waals surface area contributed by atoms with E-state index in [2.05, 4.69) is 19.7 Å². The molecule has 2 aliphatic rings. The Kier molecular flexibility index (Phi) is 7.12. The molecule has 0 radical (unpaired) electrons. The van der Waals surface area contributed by atoms with Gasteiger partial charge in [-0.05, 0) is 67.5 Å². The minimum absolute atomic E-state index is 0.196. The molecule has 7 nitrogen and oxygen atoms in total. The summed E-state index contributed by atoms with van der Waals surface area (Å²) in [6.45, 7) is 3.14. The zero-order chi connectivity index (χ0) is 23.3. The Bertz CT molecular complexity index is 1050. The van der Waals surface area contributed by atoms with Crippen LogP contribution in [-0.2, 0) is 4.74 Å². The number of alkyl halides is 3. The number of pyridine rings is 1. The number of aromatic nitrogens is 3. The van der Waals surface area contributed by atoms with Crippen LogP contribution >= 0.6 is 0 Å². The molecule has 0 bridgehead atoms. The third-order valence-electron chi connectivity index (χ3n) is 5.74. The quantitative estimate of drug-likeness (QED) is 0.612. The Balaban J connectivity index is 0.000000459. The molecule has 1 amide bonds. The highest BCUT2D eigenvalue weighted by molar-refractivity contribution is 5.94. The summed E-state index contributed by atoms with van der Waals surface area (Å²) in [5.41, 5.74) is 3.08. The van der Waals surface area contributed by atoms with Crippen molar-refractivity contribution in [3.8, 4) is 5.75 Å². The van der Waals surface area contributed by atoms with Crippen LogP contribution in [0.3, 0.4) is 0 Å². The maximum atomic E-state index is 12.6. The Labute approximate surface area is 188 Å². The van der Waals surface area contributed by atoms with Gasteiger partial charge in [0.15, 0.2) is 5.65 Å². The summed E-state index contributed by atoms with van der Waals surface area (Å²) >= 11 is 0. The van der Waals surface area contributed by atoms with Crippen molar-refractivity contribution in [2.45, 2.75) is 38.0 Å². The first-order valence-electron chi connectivity index (χ1n) is 10.9. The first-order chi connectivity index (χ1) is 15.9. The van der Waals surface area contributed by atoms with E-state index >= 15 is 0 Å². The van der Waals surface area contributed by atoms with E-state index in [1.807, 2.05) is 6.07 Å². The second-order valence-electron chi connectivity index (χ2n) is 7.96. The number of nitrogens with one attached hydrogen (secondary N) is 1. The molecular formula is C23H25F3N4O3. The van der Waals surface area contributed by atoms with Gasteiger partial charge in [-0.15, -0.1) is 13.2 Å². The van der Waals surface area contributed by atoms with Gasteiger partial charge >= 0.3 is 6.36 Å². The molecule has 0 aliphatic carbocycles. The molecule has 0 atom stereocenters. The number of imidazole rings is 1. The van der Waals surface area contributed by atoms with Crippen molar-refractivity contribution in [1.29, 1.82) is 0 Å². The van der Waals surface area contributed by atoms with E-state index in [-0.39, 0.29) is 17.6 Å². The van der Waals surface area contributed by atoms with E-state index in [1.54, 1.807) is 17.4 Å². The lowest BCUT2D eigenvalue weighted by molar-refractivity contribution is -0.274. The Hall–Kier alpha value is -3.14. The van der Waals surface area contributed by atoms with Gasteiger partial charge in [-0.25, -0.2) is 9.97 Å². The maximum Gasteiger partial charge on any atom is 0.573 e. The van der Waals surface area contributed by atoms with Gasteiger partial charge in [-0.3, -0.25) is 4.79 Å². The number of benzene rings is 1. The smallest absolute Gasteiger partial charge is 0.406 e. The van der Waals surface area contributed by atoms with Crippen LogP contribution in [0.4, 0.5) is 13.2 Å². The van der Waals surface area contributed by atoms with Crippen molar-refractivity contribution >= 4 is 17.1 Å². The molecule has 5 rings (SSSR count). The van der Waals surface area contributed by atoms with Crippen molar-refractivity contribution in [2.75, 3.05) is 26.3 Å². The number of amides is 1. The molecule has 1 N–H and O–H groups in total. The van der Waals surface area contributed by atoms with Crippen LogP contribution in [0.15, 0.2) is 42.9 Å². The average Bonchev–Trinajstić information content (AvgIpc) is 3.53. The van der Waals surface area contributed by atoms with Gasteiger partial charge in [0.2, 0.25) is 0 Å². The minimum Gasteiger partial charge on any atom is -0.406 e.